The summed E-state index contributed by atoms with van der Waals surface area (Å²) in [6.45, 7) is 4.95. The van der Waals surface area contributed by atoms with Gasteiger partial charge in [0.2, 0.25) is 5.91 Å². The summed E-state index contributed by atoms with van der Waals surface area (Å²) in [5, 5.41) is 9.28. The maximum atomic E-state index is 14.4. The van der Waals surface area contributed by atoms with E-state index in [1.165, 1.54) is 6.07 Å². The molecule has 0 bridgehead atoms. The van der Waals surface area contributed by atoms with Gasteiger partial charge in [-0.3, -0.25) is 14.2 Å². The van der Waals surface area contributed by atoms with E-state index in [1.807, 2.05) is 9.80 Å². The Labute approximate surface area is 219 Å². The number of benzene rings is 1. The minimum Gasteiger partial charge on any atom is -0.490 e. The molecule has 0 N–H and O–H groups in total. The molecule has 1 saturated heterocycles. The van der Waals surface area contributed by atoms with E-state index >= 15 is 0 Å². The summed E-state index contributed by atoms with van der Waals surface area (Å²) in [7, 11) is 1.76. The van der Waals surface area contributed by atoms with E-state index in [2.05, 4.69) is 9.78 Å². The Kier molecular flexibility index (Phi) is 6.55. The highest BCUT2D eigenvalue weighted by atomic mass is 19.3. The van der Waals surface area contributed by atoms with E-state index in [1.54, 1.807) is 37.1 Å². The summed E-state index contributed by atoms with van der Waals surface area (Å²) in [5.41, 5.74) is 3.63. The summed E-state index contributed by atoms with van der Waals surface area (Å²) in [4.78, 5) is 16.3. The highest BCUT2D eigenvalue weighted by Crippen LogP contribution is 2.45. The van der Waals surface area contributed by atoms with Gasteiger partial charge in [-0.05, 0) is 43.4 Å². The number of anilines is 2. The predicted molar refractivity (Wildman–Crippen MR) is 137 cm³/mol. The van der Waals surface area contributed by atoms with Gasteiger partial charge in [-0.25, -0.2) is 8.78 Å². The first-order chi connectivity index (χ1) is 18.4. The zero-order chi connectivity index (χ0) is 26.4. The van der Waals surface area contributed by atoms with Crippen LogP contribution < -0.4 is 9.64 Å². The van der Waals surface area contributed by atoms with Gasteiger partial charge in [0.05, 0.1) is 31.0 Å². The number of carbonyl (C=O) groups excluding carboxylic acids is 1. The third-order valence-electron chi connectivity index (χ3n) is 7.77. The number of hydrogen-bond acceptors (Lipinski definition) is 6. The Hall–Kier alpha value is -3.47. The van der Waals surface area contributed by atoms with Crippen molar-refractivity contribution < 1.29 is 23.0 Å². The Morgan fingerprint density at radius 3 is 2.68 bits per heavy atom. The van der Waals surface area contributed by atoms with Crippen molar-refractivity contribution in [2.75, 3.05) is 37.8 Å². The smallest absolute Gasteiger partial charge is 0.264 e. The first-order valence-corrected chi connectivity index (χ1v) is 13.2. The fraction of sp³-hybridized carbons (Fsp3) is 0.519. The van der Waals surface area contributed by atoms with Crippen LogP contribution in [0.1, 0.15) is 55.5 Å². The summed E-state index contributed by atoms with van der Waals surface area (Å²) >= 11 is 0. The number of amides is 1. The van der Waals surface area contributed by atoms with Crippen LogP contribution in [-0.4, -0.2) is 63.3 Å². The van der Waals surface area contributed by atoms with Crippen LogP contribution in [0, 0.1) is 0 Å². The second kappa shape index (κ2) is 10.0. The first-order valence-electron chi connectivity index (χ1n) is 13.2. The zero-order valence-corrected chi connectivity index (χ0v) is 21.7. The summed E-state index contributed by atoms with van der Waals surface area (Å²) in [6.07, 6.45) is 4.03. The molecule has 202 valence electrons. The summed E-state index contributed by atoms with van der Waals surface area (Å²) < 4.78 is 44.1. The Balaban J connectivity index is 1.48. The van der Waals surface area contributed by atoms with Gasteiger partial charge >= 0.3 is 0 Å². The lowest BCUT2D eigenvalue weighted by Crippen LogP contribution is -2.32. The normalized spacial score (nSPS) is 18.2. The molecule has 38 heavy (non-hydrogen) atoms. The van der Waals surface area contributed by atoms with Gasteiger partial charge in [0.1, 0.15) is 12.4 Å². The van der Waals surface area contributed by atoms with Crippen molar-refractivity contribution in [1.29, 1.82) is 0 Å². The van der Waals surface area contributed by atoms with E-state index in [9.17, 15) is 13.6 Å². The van der Waals surface area contributed by atoms with Crippen LogP contribution in [-0.2, 0) is 29.5 Å². The fourth-order valence-electron chi connectivity index (χ4n) is 5.83. The Morgan fingerprint density at radius 1 is 1.16 bits per heavy atom. The third-order valence-corrected chi connectivity index (χ3v) is 7.77. The largest absolute Gasteiger partial charge is 0.490 e. The van der Waals surface area contributed by atoms with Crippen LogP contribution in [0.2, 0.25) is 0 Å². The van der Waals surface area contributed by atoms with Crippen molar-refractivity contribution in [3.05, 3.63) is 41.3 Å². The first kappa shape index (κ1) is 24.8. The van der Waals surface area contributed by atoms with E-state index in [-0.39, 0.29) is 17.5 Å². The van der Waals surface area contributed by atoms with Crippen LogP contribution >= 0.6 is 0 Å². The number of carbonyl (C=O) groups is 1. The number of hydrogen-bond donors (Lipinski definition) is 0. The zero-order valence-electron chi connectivity index (χ0n) is 21.7. The van der Waals surface area contributed by atoms with Crippen LogP contribution in [0.5, 0.6) is 5.75 Å². The maximum Gasteiger partial charge on any atom is 0.264 e. The van der Waals surface area contributed by atoms with Crippen molar-refractivity contribution in [1.82, 2.24) is 24.5 Å². The third kappa shape index (κ3) is 4.42. The predicted octanol–water partition coefficient (Wildman–Crippen LogP) is 4.40. The molecular weight excluding hydrogens is 494 g/mol. The van der Waals surface area contributed by atoms with Gasteiger partial charge < -0.3 is 19.3 Å². The molecule has 6 rings (SSSR count). The molecule has 0 atom stereocenters. The quantitative estimate of drug-likeness (QED) is 0.502. The Morgan fingerprint density at radius 2 is 1.97 bits per heavy atom. The minimum atomic E-state index is -2.68. The van der Waals surface area contributed by atoms with Gasteiger partial charge in [0.25, 0.3) is 6.43 Å². The minimum absolute atomic E-state index is 0.0195. The monoisotopic (exact) mass is 526 g/mol. The second-order valence-electron chi connectivity index (χ2n) is 10.2. The molecule has 0 aliphatic carbocycles. The molecule has 9 nitrogen and oxygen atoms in total. The number of aromatic nitrogens is 4. The SMILES string of the molecule is CC(=O)N1CCCc2c(c(N3CCOc4cc(-c5cnn(C)c5)c(C(F)F)cc43)nn2C2CCOCC2)C1. The molecule has 5 heterocycles. The van der Waals surface area contributed by atoms with Crippen molar-refractivity contribution in [2.45, 2.75) is 51.6 Å². The molecule has 2 aromatic heterocycles. The standard InChI is InChI=1S/C27H32F2N6O3/c1-17(36)33-7-3-4-23-22(16-33)27(31-35(23)19-5-9-37-10-6-19)34-8-11-38-25-13-20(18-14-30-32(2)15-18)21(26(28)29)12-24(25)34/h12-15,19,26H,3-11,16H2,1-2H3. The number of aryl methyl sites for hydroxylation is 1. The molecule has 3 aromatic rings. The molecule has 0 spiro atoms. The lowest BCUT2D eigenvalue weighted by atomic mass is 10.00. The van der Waals surface area contributed by atoms with Crippen molar-refractivity contribution in [3.8, 4) is 16.9 Å². The second-order valence-corrected chi connectivity index (χ2v) is 10.2. The number of ether oxygens (including phenoxy) is 2. The average Bonchev–Trinajstić information content (AvgIpc) is 3.43. The molecule has 0 radical (unpaired) electrons. The molecule has 0 unspecified atom stereocenters. The lowest BCUT2D eigenvalue weighted by molar-refractivity contribution is -0.129. The molecule has 0 saturated carbocycles. The van der Waals surface area contributed by atoms with Gasteiger partial charge in [-0.15, -0.1) is 0 Å². The van der Waals surface area contributed by atoms with Gasteiger partial charge in [0, 0.05) is 62.3 Å². The van der Waals surface area contributed by atoms with E-state index in [4.69, 9.17) is 14.6 Å². The topological polar surface area (TPSA) is 77.7 Å². The van der Waals surface area contributed by atoms with Crippen LogP contribution in [0.15, 0.2) is 24.5 Å². The highest BCUT2D eigenvalue weighted by molar-refractivity contribution is 5.79. The molecule has 3 aliphatic rings. The van der Waals surface area contributed by atoms with Gasteiger partial charge in [-0.1, -0.05) is 0 Å². The van der Waals surface area contributed by atoms with E-state index < -0.39 is 6.43 Å². The summed E-state index contributed by atoms with van der Waals surface area (Å²) in [6, 6.07) is 3.43. The molecule has 3 aliphatic heterocycles. The van der Waals surface area contributed by atoms with E-state index in [0.29, 0.717) is 62.0 Å². The molecule has 1 fully saturated rings. The lowest BCUT2D eigenvalue weighted by Gasteiger charge is -2.32. The van der Waals surface area contributed by atoms with Gasteiger partial charge in [-0.2, -0.15) is 10.2 Å². The van der Waals surface area contributed by atoms with Crippen molar-refractivity contribution >= 4 is 17.4 Å². The van der Waals surface area contributed by atoms with Crippen molar-refractivity contribution in [3.63, 3.8) is 0 Å². The molecule has 1 aromatic carbocycles. The number of rotatable bonds is 4. The number of halogens is 2. The molecule has 1 amide bonds. The number of alkyl halides is 2. The van der Waals surface area contributed by atoms with Gasteiger partial charge in [0.15, 0.2) is 5.82 Å². The summed E-state index contributed by atoms with van der Waals surface area (Å²) in [5.74, 6) is 1.27. The molecular formula is C27H32F2N6O3. The van der Waals surface area contributed by atoms with Crippen LogP contribution in [0.3, 0.4) is 0 Å². The van der Waals surface area contributed by atoms with Crippen LogP contribution in [0.25, 0.3) is 11.1 Å². The highest BCUT2D eigenvalue weighted by Gasteiger charge is 2.33. The number of nitrogens with zero attached hydrogens (tertiary/aromatic N) is 6. The fourth-order valence-corrected chi connectivity index (χ4v) is 5.83. The number of fused-ring (bicyclic) bond motifs is 2. The van der Waals surface area contributed by atoms with E-state index in [0.717, 1.165) is 42.8 Å². The Bertz CT molecular complexity index is 1350. The molecule has 11 heteroatoms. The van der Waals surface area contributed by atoms with Crippen molar-refractivity contribution in [2.24, 2.45) is 7.05 Å². The average molecular weight is 527 g/mol. The van der Waals surface area contributed by atoms with Crippen LogP contribution in [0.4, 0.5) is 20.3 Å². The maximum absolute atomic E-state index is 14.4.